The summed E-state index contributed by atoms with van der Waals surface area (Å²) < 4.78 is 94.2. The molecule has 0 aliphatic carbocycles. The van der Waals surface area contributed by atoms with Crippen LogP contribution in [-0.2, 0) is 32.9 Å². The molecule has 1 aliphatic rings. The Kier molecular flexibility index (Phi) is 11.4. The molecule has 0 amide bonds. The zero-order valence-corrected chi connectivity index (χ0v) is 41.7. The zero-order valence-electron chi connectivity index (χ0n) is 42.3. The van der Waals surface area contributed by atoms with E-state index in [0.29, 0.717) is 50.9 Å². The smallest absolute Gasteiger partial charge is 0.661 e. The van der Waals surface area contributed by atoms with E-state index < -0.39 is 50.6 Å². The van der Waals surface area contributed by atoms with Crippen LogP contribution < -0.4 is 9.30 Å². The van der Waals surface area contributed by atoms with Gasteiger partial charge in [0.05, 0.1) is 11.2 Å². The van der Waals surface area contributed by atoms with Crippen LogP contribution in [0.3, 0.4) is 0 Å². The molecule has 0 saturated heterocycles. The van der Waals surface area contributed by atoms with Crippen molar-refractivity contribution in [3.63, 3.8) is 0 Å². The number of thiophene rings is 1. The molecular formula is C52H51F3GeIrN5S. The maximum Gasteiger partial charge on any atom is 3.00 e. The van der Waals surface area contributed by atoms with Gasteiger partial charge in [-0.15, -0.1) is 16.6 Å². The first kappa shape index (κ1) is 38.8. The third-order valence-corrected chi connectivity index (χ3v) is 16.3. The second kappa shape index (κ2) is 18.5. The number of nitrogens with zero attached hydrogens (tertiary/aromatic N) is 5. The zero-order chi connectivity index (χ0) is 49.2. The topological polar surface area (TPSA) is 56.0 Å². The van der Waals surface area contributed by atoms with E-state index in [1.807, 2.05) is 24.4 Å². The van der Waals surface area contributed by atoms with Crippen molar-refractivity contribution in [2.75, 3.05) is 4.90 Å². The van der Waals surface area contributed by atoms with Crippen LogP contribution in [-0.4, -0.2) is 28.2 Å². The molecule has 0 bridgehead atoms. The van der Waals surface area contributed by atoms with E-state index >= 15 is 8.78 Å². The van der Waals surface area contributed by atoms with Crippen molar-refractivity contribution in [3.05, 3.63) is 154 Å². The van der Waals surface area contributed by atoms with Gasteiger partial charge in [0.1, 0.15) is 22.2 Å². The molecule has 1 unspecified atom stereocenters. The van der Waals surface area contributed by atoms with Crippen LogP contribution in [0.1, 0.15) is 75.7 Å². The summed E-state index contributed by atoms with van der Waals surface area (Å²) in [5, 5.41) is 7.55. The third-order valence-electron chi connectivity index (χ3n) is 10.8. The van der Waals surface area contributed by atoms with Crippen LogP contribution in [0.25, 0.3) is 47.8 Å². The molecule has 63 heavy (non-hydrogen) atoms. The van der Waals surface area contributed by atoms with Gasteiger partial charge in [-0.25, -0.2) is 13.8 Å². The third kappa shape index (κ3) is 9.47. The molecular weight excluding hydrogens is 1050 g/mol. The summed E-state index contributed by atoms with van der Waals surface area (Å²) >= 11 is -0.577. The van der Waals surface area contributed by atoms with Crippen molar-refractivity contribution in [3.8, 4) is 11.3 Å². The van der Waals surface area contributed by atoms with E-state index in [9.17, 15) is 4.39 Å². The van der Waals surface area contributed by atoms with Crippen LogP contribution >= 0.6 is 11.3 Å². The maximum absolute atomic E-state index is 15.8. The summed E-state index contributed by atoms with van der Waals surface area (Å²) in [6.07, 6.45) is 2.77. The van der Waals surface area contributed by atoms with Crippen LogP contribution in [0.2, 0.25) is 17.3 Å². The molecule has 0 fully saturated rings. The van der Waals surface area contributed by atoms with Crippen molar-refractivity contribution >= 4 is 77.3 Å². The average molecular weight is 1110 g/mol. The minimum atomic E-state index is -2.46. The van der Waals surface area contributed by atoms with E-state index in [0.717, 1.165) is 44.9 Å². The van der Waals surface area contributed by atoms with E-state index in [4.69, 9.17) is 18.5 Å². The van der Waals surface area contributed by atoms with Gasteiger partial charge in [0.25, 0.3) is 0 Å². The predicted molar refractivity (Wildman–Crippen MR) is 255 cm³/mol. The standard InChI is InChI=1S/C33H26F2N4S.C19H25FGeN.Ir/c1-17(2)14-21-11-12-23-22-6-5-7-24(31(22)40-33(23)37-21)32-38-27-13-10-20-9-8-19(4)36-28(20)30(27)39(32)29-25(34)15-18(3)16-26(29)35;1-13(2)9-15-11-19(22-12-18(15)21(4,5)6)16-8-7-14(3)10-17(16)20;/h5-6,8-13,15-17,32H,14H2,1-4H3;7,10-13H,9H2,1-6H3;/q-2;-1;+3/i4D3;3D3;. The van der Waals surface area contributed by atoms with E-state index in [-0.39, 0.29) is 42.6 Å². The fraction of sp³-hybridized carbons (Fsp3) is 0.288. The monoisotopic (exact) mass is 1110 g/mol. The molecule has 8 aromatic rings. The van der Waals surface area contributed by atoms with Crippen LogP contribution in [0.4, 0.5) is 30.2 Å². The first-order valence-corrected chi connectivity index (χ1v) is 28.9. The van der Waals surface area contributed by atoms with E-state index in [2.05, 4.69) is 73.1 Å². The van der Waals surface area contributed by atoms with Crippen LogP contribution in [0.15, 0.2) is 85.1 Å². The number of anilines is 2. The number of hydrogen-bond donors (Lipinski definition) is 0. The Morgan fingerprint density at radius 2 is 1.56 bits per heavy atom. The van der Waals surface area contributed by atoms with Crippen molar-refractivity contribution < 1.29 is 41.5 Å². The number of pyridine rings is 3. The minimum absolute atomic E-state index is 0. The number of halogens is 3. The number of hydrogen-bond acceptors (Lipinski definition) is 5. The molecule has 1 aliphatic heterocycles. The van der Waals surface area contributed by atoms with Crippen molar-refractivity contribution in [1.29, 1.82) is 0 Å². The van der Waals surface area contributed by atoms with Gasteiger partial charge < -0.3 is 10.2 Å². The Hall–Kier alpha value is -4.61. The van der Waals surface area contributed by atoms with Crippen LogP contribution in [0.5, 0.6) is 0 Å². The number of aromatic nitrogens is 3. The van der Waals surface area contributed by atoms with Gasteiger partial charge in [-0.1, -0.05) is 42.8 Å². The van der Waals surface area contributed by atoms with Gasteiger partial charge in [-0.2, -0.15) is 29.5 Å². The summed E-state index contributed by atoms with van der Waals surface area (Å²) in [6.45, 7) is 5.46. The van der Waals surface area contributed by atoms with Gasteiger partial charge in [0.2, 0.25) is 0 Å². The SMILES string of the molecule is [2H]C([2H])([2H])c1c[c-]c(-c2cc(CC(C)C)[c]([Ge]([CH3])([CH3])[CH3])cn2)c(F)c1.[2H]C([2H])([2H])c1ccc2ccc3c(c2n1)N(c1c(F)cc(C)cc1F)C(c1[c-]ccc2c1sc1nc(CC(C)C)ccc12)[N-]3.[Ir+3]. The summed E-state index contributed by atoms with van der Waals surface area (Å²) in [4.78, 5) is 16.3. The van der Waals surface area contributed by atoms with Crippen LogP contribution in [0, 0.1) is 62.0 Å². The molecule has 0 radical (unpaired) electrons. The summed E-state index contributed by atoms with van der Waals surface area (Å²) in [6, 6.07) is 27.6. The molecule has 1 atom stereocenters. The van der Waals surface area contributed by atoms with Crippen molar-refractivity contribution in [1.82, 2.24) is 15.0 Å². The van der Waals surface area contributed by atoms with Gasteiger partial charge in [-0.3, -0.25) is 4.98 Å². The summed E-state index contributed by atoms with van der Waals surface area (Å²) in [7, 11) is 0. The fourth-order valence-electron chi connectivity index (χ4n) is 8.16. The Balaban J connectivity index is 0.000000232. The molecule has 11 heteroatoms. The average Bonchev–Trinajstić information content (AvgIpc) is 3.80. The van der Waals surface area contributed by atoms with Gasteiger partial charge >= 0.3 is 160 Å². The normalized spacial score (nSPS) is 15.5. The minimum Gasteiger partial charge on any atom is -0.661 e. The molecule has 0 saturated carbocycles. The van der Waals surface area contributed by atoms with E-state index in [1.165, 1.54) is 50.5 Å². The fourth-order valence-corrected chi connectivity index (χ4v) is 12.7. The second-order valence-corrected chi connectivity index (χ2v) is 29.4. The van der Waals surface area contributed by atoms with Gasteiger partial charge in [0.15, 0.2) is 0 Å². The Morgan fingerprint density at radius 3 is 2.24 bits per heavy atom. The largest absolute Gasteiger partial charge is 3.00 e. The summed E-state index contributed by atoms with van der Waals surface area (Å²) in [5.41, 5.74) is 4.72. The quantitative estimate of drug-likeness (QED) is 0.112. The Labute approximate surface area is 397 Å². The van der Waals surface area contributed by atoms with Gasteiger partial charge in [0, 0.05) is 20.9 Å². The second-order valence-electron chi connectivity index (χ2n) is 17.8. The van der Waals surface area contributed by atoms with E-state index in [1.54, 1.807) is 31.2 Å². The Morgan fingerprint density at radius 1 is 0.825 bits per heavy atom. The Bertz CT molecular complexity index is 3200. The molecule has 4 aromatic carbocycles. The number of aryl methyl sites for hydroxylation is 3. The maximum atomic E-state index is 15.8. The van der Waals surface area contributed by atoms with Crippen molar-refractivity contribution in [2.45, 2.75) is 84.6 Å². The molecule has 9 rings (SSSR count). The summed E-state index contributed by atoms with van der Waals surface area (Å²) in [5.74, 6) is 5.80. The number of fused-ring (bicyclic) bond motifs is 6. The molecule has 324 valence electrons. The molecule has 0 N–H and O–H groups in total. The van der Waals surface area contributed by atoms with Crippen molar-refractivity contribution in [2.24, 2.45) is 11.8 Å². The first-order chi connectivity index (χ1) is 31.9. The molecule has 5 heterocycles. The molecule has 4 aromatic heterocycles. The molecule has 5 nitrogen and oxygen atoms in total. The van der Waals surface area contributed by atoms with Gasteiger partial charge in [-0.05, 0) is 67.5 Å². The predicted octanol–water partition coefficient (Wildman–Crippen LogP) is 14.5. The number of rotatable bonds is 8. The first-order valence-electron chi connectivity index (χ1n) is 23.7. The molecule has 0 spiro atoms. The number of benzene rings is 4.